The van der Waals surface area contributed by atoms with Crippen LogP contribution in [-0.4, -0.2) is 16.9 Å². The summed E-state index contributed by atoms with van der Waals surface area (Å²) in [5, 5.41) is 2.90. The molecule has 0 radical (unpaired) electrons. The van der Waals surface area contributed by atoms with Crippen molar-refractivity contribution in [2.24, 2.45) is 0 Å². The van der Waals surface area contributed by atoms with E-state index in [-0.39, 0.29) is 5.91 Å². The zero-order chi connectivity index (χ0) is 9.26. The van der Waals surface area contributed by atoms with Crippen LogP contribution >= 0.6 is 15.9 Å². The van der Waals surface area contributed by atoms with E-state index in [1.165, 1.54) is 0 Å². The summed E-state index contributed by atoms with van der Waals surface area (Å²) < 4.78 is 0.605. The predicted molar refractivity (Wildman–Crippen MR) is 52.4 cm³/mol. The van der Waals surface area contributed by atoms with Crippen LogP contribution in [0.5, 0.6) is 0 Å². The van der Waals surface area contributed by atoms with Gasteiger partial charge in [0.15, 0.2) is 0 Å². The Balaban J connectivity index is 2.13. The van der Waals surface area contributed by atoms with E-state index >= 15 is 0 Å². The van der Waals surface area contributed by atoms with Crippen LogP contribution in [0.1, 0.15) is 23.2 Å². The molecule has 1 saturated carbocycles. The van der Waals surface area contributed by atoms with Crippen molar-refractivity contribution in [1.82, 2.24) is 10.3 Å². The van der Waals surface area contributed by atoms with E-state index < -0.39 is 0 Å². The summed E-state index contributed by atoms with van der Waals surface area (Å²) in [5.74, 6) is -0.0394. The SMILES string of the molecule is O=C(NC1CC1)c1cccnc1Br. The van der Waals surface area contributed by atoms with Gasteiger partial charge in [0.2, 0.25) is 0 Å². The highest BCUT2D eigenvalue weighted by molar-refractivity contribution is 9.10. The van der Waals surface area contributed by atoms with Crippen LogP contribution in [0.25, 0.3) is 0 Å². The van der Waals surface area contributed by atoms with Crippen LogP contribution in [0.15, 0.2) is 22.9 Å². The summed E-state index contributed by atoms with van der Waals surface area (Å²) >= 11 is 3.24. The van der Waals surface area contributed by atoms with Gasteiger partial charge in [-0.1, -0.05) is 0 Å². The zero-order valence-corrected chi connectivity index (χ0v) is 8.54. The number of carbonyl (C=O) groups is 1. The second kappa shape index (κ2) is 3.46. The molecule has 1 heterocycles. The van der Waals surface area contributed by atoms with Gasteiger partial charge in [0.25, 0.3) is 5.91 Å². The minimum atomic E-state index is -0.0394. The zero-order valence-electron chi connectivity index (χ0n) is 6.96. The monoisotopic (exact) mass is 240 g/mol. The number of hydrogen-bond acceptors (Lipinski definition) is 2. The fourth-order valence-electron chi connectivity index (χ4n) is 1.05. The number of carbonyl (C=O) groups excluding carboxylic acids is 1. The van der Waals surface area contributed by atoms with Crippen molar-refractivity contribution >= 4 is 21.8 Å². The lowest BCUT2D eigenvalue weighted by molar-refractivity contribution is 0.0950. The first-order valence-electron chi connectivity index (χ1n) is 4.19. The maximum atomic E-state index is 11.5. The van der Waals surface area contributed by atoms with Gasteiger partial charge >= 0.3 is 0 Å². The molecule has 1 N–H and O–H groups in total. The van der Waals surface area contributed by atoms with Crippen LogP contribution in [0.4, 0.5) is 0 Å². The fraction of sp³-hybridized carbons (Fsp3) is 0.333. The smallest absolute Gasteiger partial charge is 0.254 e. The molecule has 13 heavy (non-hydrogen) atoms. The number of aromatic nitrogens is 1. The van der Waals surface area contributed by atoms with Gasteiger partial charge in [0, 0.05) is 12.2 Å². The van der Waals surface area contributed by atoms with Crippen molar-refractivity contribution in [3.05, 3.63) is 28.5 Å². The molecule has 1 amide bonds. The van der Waals surface area contributed by atoms with E-state index in [2.05, 4.69) is 26.2 Å². The van der Waals surface area contributed by atoms with Crippen LogP contribution < -0.4 is 5.32 Å². The molecule has 0 bridgehead atoms. The minimum absolute atomic E-state index is 0.0394. The third-order valence-electron chi connectivity index (χ3n) is 1.92. The molecule has 1 aliphatic carbocycles. The Kier molecular flexibility index (Phi) is 2.31. The first-order valence-corrected chi connectivity index (χ1v) is 4.98. The number of nitrogens with zero attached hydrogens (tertiary/aromatic N) is 1. The molecule has 0 saturated heterocycles. The van der Waals surface area contributed by atoms with Crippen LogP contribution in [0, 0.1) is 0 Å². The molecule has 1 aromatic rings. The summed E-state index contributed by atoms with van der Waals surface area (Å²) in [4.78, 5) is 15.5. The quantitative estimate of drug-likeness (QED) is 0.801. The van der Waals surface area contributed by atoms with Crippen molar-refractivity contribution in [3.8, 4) is 0 Å². The van der Waals surface area contributed by atoms with Gasteiger partial charge in [-0.05, 0) is 40.9 Å². The van der Waals surface area contributed by atoms with E-state index in [4.69, 9.17) is 0 Å². The van der Waals surface area contributed by atoms with Gasteiger partial charge in [0.05, 0.1) is 5.56 Å². The predicted octanol–water partition coefficient (Wildman–Crippen LogP) is 1.74. The van der Waals surface area contributed by atoms with Crippen molar-refractivity contribution in [3.63, 3.8) is 0 Å². The molecule has 4 heteroatoms. The summed E-state index contributed by atoms with van der Waals surface area (Å²) in [7, 11) is 0. The number of nitrogens with one attached hydrogen (secondary N) is 1. The molecular formula is C9H9BrN2O. The maximum Gasteiger partial charge on any atom is 0.254 e. The van der Waals surface area contributed by atoms with Crippen molar-refractivity contribution < 1.29 is 4.79 Å². The molecule has 0 spiro atoms. The van der Waals surface area contributed by atoms with Gasteiger partial charge in [-0.3, -0.25) is 4.79 Å². The lowest BCUT2D eigenvalue weighted by Gasteiger charge is -2.03. The lowest BCUT2D eigenvalue weighted by atomic mass is 10.3. The Morgan fingerprint density at radius 3 is 3.00 bits per heavy atom. The maximum absolute atomic E-state index is 11.5. The Bertz CT molecular complexity index is 336. The molecule has 1 fully saturated rings. The molecule has 0 aliphatic heterocycles. The fourth-order valence-corrected chi connectivity index (χ4v) is 1.48. The van der Waals surface area contributed by atoms with Crippen molar-refractivity contribution in [2.45, 2.75) is 18.9 Å². The number of halogens is 1. The average Bonchev–Trinajstić information content (AvgIpc) is 2.89. The second-order valence-corrected chi connectivity index (χ2v) is 3.84. The summed E-state index contributed by atoms with van der Waals surface area (Å²) in [6, 6.07) is 3.90. The molecule has 0 unspecified atom stereocenters. The van der Waals surface area contributed by atoms with Gasteiger partial charge in [-0.25, -0.2) is 4.98 Å². The highest BCUT2D eigenvalue weighted by atomic mass is 79.9. The largest absolute Gasteiger partial charge is 0.349 e. The molecule has 0 atom stereocenters. The van der Waals surface area contributed by atoms with Gasteiger partial charge in [0.1, 0.15) is 4.60 Å². The number of rotatable bonds is 2. The molecule has 0 aromatic carbocycles. The van der Waals surface area contributed by atoms with Crippen LogP contribution in [-0.2, 0) is 0 Å². The highest BCUT2D eigenvalue weighted by Gasteiger charge is 2.24. The molecular weight excluding hydrogens is 232 g/mol. The van der Waals surface area contributed by atoms with E-state index in [0.717, 1.165) is 12.8 Å². The third-order valence-corrected chi connectivity index (χ3v) is 2.55. The average molecular weight is 241 g/mol. The van der Waals surface area contributed by atoms with Crippen molar-refractivity contribution in [2.75, 3.05) is 0 Å². The third kappa shape index (κ3) is 2.06. The van der Waals surface area contributed by atoms with E-state index in [9.17, 15) is 4.79 Å². The number of pyridine rings is 1. The molecule has 68 valence electrons. The van der Waals surface area contributed by atoms with E-state index in [1.807, 2.05) is 0 Å². The Morgan fingerprint density at radius 2 is 2.38 bits per heavy atom. The molecule has 1 aliphatic rings. The highest BCUT2D eigenvalue weighted by Crippen LogP contribution is 2.20. The Labute approximate surface area is 84.7 Å². The minimum Gasteiger partial charge on any atom is -0.349 e. The van der Waals surface area contributed by atoms with Crippen molar-refractivity contribution in [1.29, 1.82) is 0 Å². The standard InChI is InChI=1S/C9H9BrN2O/c10-8-7(2-1-5-11-8)9(13)12-6-3-4-6/h1-2,5-6H,3-4H2,(H,12,13). The first kappa shape index (κ1) is 8.69. The summed E-state index contributed by atoms with van der Waals surface area (Å²) in [6.07, 6.45) is 3.85. The van der Waals surface area contributed by atoms with E-state index in [0.29, 0.717) is 16.2 Å². The Morgan fingerprint density at radius 1 is 1.62 bits per heavy atom. The van der Waals surface area contributed by atoms with Gasteiger partial charge in [-0.15, -0.1) is 0 Å². The van der Waals surface area contributed by atoms with Gasteiger partial charge in [-0.2, -0.15) is 0 Å². The first-order chi connectivity index (χ1) is 6.27. The van der Waals surface area contributed by atoms with E-state index in [1.54, 1.807) is 18.3 Å². The van der Waals surface area contributed by atoms with Crippen LogP contribution in [0.3, 0.4) is 0 Å². The summed E-state index contributed by atoms with van der Waals surface area (Å²) in [6.45, 7) is 0. The lowest BCUT2D eigenvalue weighted by Crippen LogP contribution is -2.25. The second-order valence-electron chi connectivity index (χ2n) is 3.09. The molecule has 3 nitrogen and oxygen atoms in total. The number of amides is 1. The van der Waals surface area contributed by atoms with Gasteiger partial charge < -0.3 is 5.32 Å². The van der Waals surface area contributed by atoms with Crippen LogP contribution in [0.2, 0.25) is 0 Å². The normalized spacial score (nSPS) is 15.5. The molecule has 2 rings (SSSR count). The topological polar surface area (TPSA) is 42.0 Å². The summed E-state index contributed by atoms with van der Waals surface area (Å²) in [5.41, 5.74) is 0.606. The Hall–Kier alpha value is -0.900. The number of hydrogen-bond donors (Lipinski definition) is 1. The molecule has 1 aromatic heterocycles.